The van der Waals surface area contributed by atoms with E-state index in [1.807, 2.05) is 13.0 Å². The third-order valence-corrected chi connectivity index (χ3v) is 7.72. The Bertz CT molecular complexity index is 1030. The van der Waals surface area contributed by atoms with Crippen molar-refractivity contribution in [1.82, 2.24) is 4.98 Å². The average Bonchev–Trinajstić information content (AvgIpc) is 2.72. The first kappa shape index (κ1) is 23.9. The minimum absolute atomic E-state index is 0.173. The Morgan fingerprint density at radius 1 is 1.35 bits per heavy atom. The summed E-state index contributed by atoms with van der Waals surface area (Å²) < 4.78 is 0. The van der Waals surface area contributed by atoms with E-state index in [1.54, 1.807) is 18.2 Å². The number of carbonyl (C=O) groups is 1. The van der Waals surface area contributed by atoms with E-state index < -0.39 is 5.25 Å². The summed E-state index contributed by atoms with van der Waals surface area (Å²) >= 11 is 13.5. The molecule has 3 rings (SSSR count). The van der Waals surface area contributed by atoms with Gasteiger partial charge in [0.25, 0.3) is 0 Å². The van der Waals surface area contributed by atoms with Crippen LogP contribution in [0.25, 0.3) is 0 Å². The van der Waals surface area contributed by atoms with Crippen LogP contribution in [0.1, 0.15) is 57.4 Å². The highest BCUT2D eigenvalue weighted by Crippen LogP contribution is 2.39. The zero-order valence-electron chi connectivity index (χ0n) is 18.3. The summed E-state index contributed by atoms with van der Waals surface area (Å²) in [7, 11) is 0. The second-order valence-electron chi connectivity index (χ2n) is 8.99. The lowest BCUT2D eigenvalue weighted by molar-refractivity contribution is -0.115. The first-order valence-corrected chi connectivity index (χ1v) is 12.1. The van der Waals surface area contributed by atoms with Gasteiger partial charge in [0, 0.05) is 10.7 Å². The molecule has 1 aromatic carbocycles. The molecule has 4 nitrogen and oxygen atoms in total. The van der Waals surface area contributed by atoms with Crippen molar-refractivity contribution in [3.05, 3.63) is 51.1 Å². The number of halogens is 2. The SMILES string of the molecule is CCC(Sc1nc2c(cc1C#N)CC(C(C)(C)C)CC2)C(=O)Nc1ccc(Cl)cc1Cl. The predicted octanol–water partition coefficient (Wildman–Crippen LogP) is 6.92. The summed E-state index contributed by atoms with van der Waals surface area (Å²) in [6.45, 7) is 8.74. The molecular weight excluding hydrogens is 449 g/mol. The van der Waals surface area contributed by atoms with Crippen LogP contribution >= 0.6 is 35.0 Å². The van der Waals surface area contributed by atoms with E-state index in [-0.39, 0.29) is 11.3 Å². The quantitative estimate of drug-likeness (QED) is 0.476. The highest BCUT2D eigenvalue weighted by atomic mass is 35.5. The number of nitrogens with zero attached hydrogens (tertiary/aromatic N) is 2. The summed E-state index contributed by atoms with van der Waals surface area (Å²) in [4.78, 5) is 17.7. The fourth-order valence-electron chi connectivity index (χ4n) is 3.82. The van der Waals surface area contributed by atoms with E-state index in [4.69, 9.17) is 28.2 Å². The Morgan fingerprint density at radius 2 is 2.10 bits per heavy atom. The third-order valence-electron chi connectivity index (χ3n) is 5.80. The molecule has 1 aliphatic carbocycles. The van der Waals surface area contributed by atoms with Crippen molar-refractivity contribution in [2.45, 2.75) is 63.7 Å². The number of benzene rings is 1. The topological polar surface area (TPSA) is 65.8 Å². The smallest absolute Gasteiger partial charge is 0.237 e. The van der Waals surface area contributed by atoms with Gasteiger partial charge in [-0.25, -0.2) is 4.98 Å². The number of aryl methyl sites for hydroxylation is 1. The molecule has 0 radical (unpaired) electrons. The maximum Gasteiger partial charge on any atom is 0.237 e. The number of hydrogen-bond donors (Lipinski definition) is 1. The normalized spacial score (nSPS) is 16.9. The molecule has 1 aromatic heterocycles. The van der Waals surface area contributed by atoms with Gasteiger partial charge in [-0.15, -0.1) is 0 Å². The van der Waals surface area contributed by atoms with Crippen molar-refractivity contribution in [1.29, 1.82) is 5.26 Å². The summed E-state index contributed by atoms with van der Waals surface area (Å²) in [5.74, 6) is 0.401. The molecule has 31 heavy (non-hydrogen) atoms. The molecule has 7 heteroatoms. The van der Waals surface area contributed by atoms with E-state index in [0.717, 1.165) is 30.5 Å². The van der Waals surface area contributed by atoms with Crippen LogP contribution in [0.3, 0.4) is 0 Å². The molecule has 0 saturated heterocycles. The predicted molar refractivity (Wildman–Crippen MR) is 129 cm³/mol. The highest BCUT2D eigenvalue weighted by Gasteiger charge is 2.30. The van der Waals surface area contributed by atoms with Gasteiger partial charge in [-0.3, -0.25) is 4.79 Å². The number of carbonyl (C=O) groups excluding carboxylic acids is 1. The van der Waals surface area contributed by atoms with Crippen LogP contribution in [0.4, 0.5) is 5.69 Å². The lowest BCUT2D eigenvalue weighted by atomic mass is 9.71. The lowest BCUT2D eigenvalue weighted by Gasteiger charge is -2.34. The van der Waals surface area contributed by atoms with Crippen LogP contribution in [-0.4, -0.2) is 16.1 Å². The monoisotopic (exact) mass is 475 g/mol. The number of nitrogens with one attached hydrogen (secondary N) is 1. The van der Waals surface area contributed by atoms with Gasteiger partial charge in [0.05, 0.1) is 21.5 Å². The van der Waals surface area contributed by atoms with Crippen molar-refractivity contribution < 1.29 is 4.79 Å². The summed E-state index contributed by atoms with van der Waals surface area (Å²) in [5.41, 5.74) is 3.50. The van der Waals surface area contributed by atoms with Crippen molar-refractivity contribution in [3.8, 4) is 6.07 Å². The summed E-state index contributed by atoms with van der Waals surface area (Å²) in [5, 5.41) is 13.7. The number of anilines is 1. The fraction of sp³-hybridized carbons (Fsp3) is 0.458. The van der Waals surface area contributed by atoms with Gasteiger partial charge >= 0.3 is 0 Å². The molecule has 1 N–H and O–H groups in total. The van der Waals surface area contributed by atoms with Crippen molar-refractivity contribution in [2.75, 3.05) is 5.32 Å². The van der Waals surface area contributed by atoms with Gasteiger partial charge in [-0.2, -0.15) is 5.26 Å². The first-order valence-electron chi connectivity index (χ1n) is 10.5. The second-order valence-corrected chi connectivity index (χ2v) is 11.0. The molecule has 0 bridgehead atoms. The van der Waals surface area contributed by atoms with Crippen molar-refractivity contribution >= 4 is 46.6 Å². The van der Waals surface area contributed by atoms with Crippen molar-refractivity contribution in [2.24, 2.45) is 11.3 Å². The standard InChI is InChI=1S/C24H27Cl2N3OS/c1-5-21(22(30)28-20-9-7-17(25)12-18(20)26)31-23-15(13-27)10-14-11-16(24(2,3)4)6-8-19(14)29-23/h7,9-10,12,16,21H,5-6,8,11H2,1-4H3,(H,28,30). The van der Waals surface area contributed by atoms with E-state index in [0.29, 0.717) is 38.7 Å². The molecule has 0 spiro atoms. The van der Waals surface area contributed by atoms with Gasteiger partial charge in [-0.1, -0.05) is 62.7 Å². The molecule has 1 amide bonds. The Balaban J connectivity index is 1.80. The molecular formula is C24H27Cl2N3OS. The number of nitriles is 1. The zero-order valence-corrected chi connectivity index (χ0v) is 20.6. The number of hydrogen-bond acceptors (Lipinski definition) is 4. The first-order chi connectivity index (χ1) is 14.6. The Labute approximate surface area is 198 Å². The molecule has 2 aromatic rings. The van der Waals surface area contributed by atoms with Gasteiger partial charge < -0.3 is 5.32 Å². The van der Waals surface area contributed by atoms with E-state index in [2.05, 4.69) is 32.2 Å². The molecule has 0 aliphatic heterocycles. The molecule has 1 heterocycles. The number of amides is 1. The average molecular weight is 476 g/mol. The van der Waals surface area contributed by atoms with Gasteiger partial charge in [0.15, 0.2) is 0 Å². The molecule has 0 fully saturated rings. The molecule has 1 aliphatic rings. The minimum Gasteiger partial charge on any atom is -0.324 e. The molecule has 0 saturated carbocycles. The third kappa shape index (κ3) is 5.74. The number of aromatic nitrogens is 1. The van der Waals surface area contributed by atoms with E-state index >= 15 is 0 Å². The fourth-order valence-corrected chi connectivity index (χ4v) is 5.27. The molecule has 164 valence electrons. The number of thioether (sulfide) groups is 1. The molecule has 2 atom stereocenters. The van der Waals surface area contributed by atoms with Crippen LogP contribution in [0.5, 0.6) is 0 Å². The van der Waals surface area contributed by atoms with Crippen LogP contribution in [-0.2, 0) is 17.6 Å². The second kappa shape index (κ2) is 9.81. The largest absolute Gasteiger partial charge is 0.324 e. The summed E-state index contributed by atoms with van der Waals surface area (Å²) in [6.07, 6.45) is 3.53. The van der Waals surface area contributed by atoms with Crippen LogP contribution in [0.15, 0.2) is 29.3 Å². The Hall–Kier alpha value is -1.74. The van der Waals surface area contributed by atoms with Crippen molar-refractivity contribution in [3.63, 3.8) is 0 Å². The maximum atomic E-state index is 12.9. The number of pyridine rings is 1. The maximum absolute atomic E-state index is 12.9. The van der Waals surface area contributed by atoms with E-state index in [9.17, 15) is 10.1 Å². The molecule has 2 unspecified atom stereocenters. The zero-order chi connectivity index (χ0) is 22.8. The van der Waals surface area contributed by atoms with Gasteiger partial charge in [0.1, 0.15) is 11.1 Å². The Kier molecular flexibility index (Phi) is 7.57. The van der Waals surface area contributed by atoms with Crippen LogP contribution < -0.4 is 5.32 Å². The summed E-state index contributed by atoms with van der Waals surface area (Å²) in [6, 6.07) is 9.22. The van der Waals surface area contributed by atoms with E-state index in [1.165, 1.54) is 11.8 Å². The minimum atomic E-state index is -0.393. The number of rotatable bonds is 5. The Morgan fingerprint density at radius 3 is 2.71 bits per heavy atom. The van der Waals surface area contributed by atoms with Gasteiger partial charge in [-0.05, 0) is 66.8 Å². The lowest BCUT2D eigenvalue weighted by Crippen LogP contribution is -2.28. The van der Waals surface area contributed by atoms with Crippen LogP contribution in [0, 0.1) is 22.7 Å². The highest BCUT2D eigenvalue weighted by molar-refractivity contribution is 8.00. The van der Waals surface area contributed by atoms with Gasteiger partial charge in [0.2, 0.25) is 5.91 Å². The number of fused-ring (bicyclic) bond motifs is 1. The van der Waals surface area contributed by atoms with Crippen LogP contribution in [0.2, 0.25) is 10.0 Å².